The van der Waals surface area contributed by atoms with E-state index in [1.54, 1.807) is 12.2 Å². The van der Waals surface area contributed by atoms with Crippen LogP contribution in [0.25, 0.3) is 0 Å². The number of aliphatic hydroxyl groups is 1. The Balaban J connectivity index is 0. The second-order valence-electron chi connectivity index (χ2n) is 3.32. The van der Waals surface area contributed by atoms with Crippen molar-refractivity contribution in [2.45, 2.75) is 19.1 Å². The number of amides is 2. The maximum absolute atomic E-state index is 10.2. The molecule has 0 radical (unpaired) electrons. The van der Waals surface area contributed by atoms with E-state index in [0.717, 1.165) is 0 Å². The molecule has 100 valence electrons. The summed E-state index contributed by atoms with van der Waals surface area (Å²) in [5.41, 5.74) is 9.95. The maximum atomic E-state index is 10.2. The zero-order valence-corrected chi connectivity index (χ0v) is 10.3. The highest BCUT2D eigenvalue weighted by atomic mass is 16.5. The SMILES string of the molecule is C=CC(C)N.C=CCOCC(O)CNC(N)=O. The molecular formula is C11H23N3O3. The predicted molar refractivity (Wildman–Crippen MR) is 68.5 cm³/mol. The van der Waals surface area contributed by atoms with Crippen LogP contribution in [0.3, 0.4) is 0 Å². The Morgan fingerprint density at radius 2 is 2.12 bits per heavy atom. The van der Waals surface area contributed by atoms with E-state index in [9.17, 15) is 4.79 Å². The zero-order chi connectivity index (χ0) is 13.7. The predicted octanol–water partition coefficient (Wildman–Crippen LogP) is -0.262. The fourth-order valence-corrected chi connectivity index (χ4v) is 0.565. The molecule has 0 spiro atoms. The quantitative estimate of drug-likeness (QED) is 0.366. The molecule has 0 saturated carbocycles. The largest absolute Gasteiger partial charge is 0.389 e. The van der Waals surface area contributed by atoms with Crippen LogP contribution in [0.5, 0.6) is 0 Å². The van der Waals surface area contributed by atoms with Crippen LogP contribution >= 0.6 is 0 Å². The lowest BCUT2D eigenvalue weighted by Gasteiger charge is -2.09. The van der Waals surface area contributed by atoms with E-state index in [1.165, 1.54) is 0 Å². The molecule has 0 saturated heterocycles. The molecule has 0 fully saturated rings. The molecule has 0 aliphatic carbocycles. The fourth-order valence-electron chi connectivity index (χ4n) is 0.565. The van der Waals surface area contributed by atoms with Gasteiger partial charge in [-0.1, -0.05) is 12.2 Å². The average Bonchev–Trinajstić information content (AvgIpc) is 2.27. The molecule has 0 aliphatic heterocycles. The van der Waals surface area contributed by atoms with Gasteiger partial charge in [0.05, 0.1) is 19.3 Å². The minimum Gasteiger partial charge on any atom is -0.389 e. The van der Waals surface area contributed by atoms with Crippen LogP contribution in [-0.2, 0) is 4.74 Å². The number of primary amides is 1. The lowest BCUT2D eigenvalue weighted by atomic mass is 10.4. The van der Waals surface area contributed by atoms with Crippen molar-refractivity contribution in [3.05, 3.63) is 25.3 Å². The normalized spacial score (nSPS) is 12.6. The van der Waals surface area contributed by atoms with Crippen molar-refractivity contribution < 1.29 is 14.6 Å². The molecule has 0 aromatic carbocycles. The number of ether oxygens (including phenoxy) is 1. The minimum atomic E-state index is -0.725. The number of carbonyl (C=O) groups is 1. The van der Waals surface area contributed by atoms with Crippen molar-refractivity contribution in [1.29, 1.82) is 0 Å². The molecule has 6 nitrogen and oxygen atoms in total. The molecule has 0 aliphatic rings. The van der Waals surface area contributed by atoms with Gasteiger partial charge >= 0.3 is 6.03 Å². The van der Waals surface area contributed by atoms with E-state index in [0.29, 0.717) is 6.61 Å². The van der Waals surface area contributed by atoms with Crippen molar-refractivity contribution in [3.63, 3.8) is 0 Å². The summed E-state index contributed by atoms with van der Waals surface area (Å²) in [6.45, 7) is 9.40. The summed E-state index contributed by atoms with van der Waals surface area (Å²) >= 11 is 0. The van der Waals surface area contributed by atoms with Gasteiger partial charge in [-0.25, -0.2) is 4.79 Å². The maximum Gasteiger partial charge on any atom is 0.312 e. The summed E-state index contributed by atoms with van der Waals surface area (Å²) in [5, 5.41) is 11.4. The number of nitrogens with one attached hydrogen (secondary N) is 1. The van der Waals surface area contributed by atoms with Crippen molar-refractivity contribution >= 4 is 6.03 Å². The van der Waals surface area contributed by atoms with Gasteiger partial charge < -0.3 is 26.6 Å². The van der Waals surface area contributed by atoms with Crippen LogP contribution in [0.1, 0.15) is 6.92 Å². The first-order valence-corrected chi connectivity index (χ1v) is 5.22. The van der Waals surface area contributed by atoms with Crippen LogP contribution in [0.4, 0.5) is 4.79 Å². The lowest BCUT2D eigenvalue weighted by Crippen LogP contribution is -2.37. The van der Waals surface area contributed by atoms with Gasteiger partial charge in [0.15, 0.2) is 0 Å². The molecule has 2 amide bonds. The Labute approximate surface area is 102 Å². The molecule has 0 heterocycles. The van der Waals surface area contributed by atoms with E-state index < -0.39 is 12.1 Å². The molecule has 0 aromatic rings. The molecule has 0 aromatic heterocycles. The van der Waals surface area contributed by atoms with Crippen LogP contribution in [0, 0.1) is 0 Å². The van der Waals surface area contributed by atoms with Crippen LogP contribution in [0.15, 0.2) is 25.3 Å². The van der Waals surface area contributed by atoms with Gasteiger partial charge in [0.25, 0.3) is 0 Å². The average molecular weight is 245 g/mol. The van der Waals surface area contributed by atoms with E-state index >= 15 is 0 Å². The monoisotopic (exact) mass is 245 g/mol. The number of carbonyl (C=O) groups excluding carboxylic acids is 1. The van der Waals surface area contributed by atoms with E-state index in [4.69, 9.17) is 21.3 Å². The molecule has 2 atom stereocenters. The molecule has 0 rings (SSSR count). The van der Waals surface area contributed by atoms with E-state index in [-0.39, 0.29) is 19.2 Å². The third kappa shape index (κ3) is 20.7. The summed E-state index contributed by atoms with van der Waals surface area (Å²) in [7, 11) is 0. The Morgan fingerprint density at radius 3 is 2.47 bits per heavy atom. The third-order valence-electron chi connectivity index (χ3n) is 1.43. The lowest BCUT2D eigenvalue weighted by molar-refractivity contribution is 0.0510. The highest BCUT2D eigenvalue weighted by molar-refractivity contribution is 5.71. The first-order chi connectivity index (χ1) is 7.93. The number of aliphatic hydroxyl groups excluding tert-OH is 1. The van der Waals surface area contributed by atoms with Crippen LogP contribution in [-0.4, -0.2) is 43.0 Å². The topological polar surface area (TPSA) is 111 Å². The summed E-state index contributed by atoms with van der Waals surface area (Å²) in [6, 6.07) is -0.507. The highest BCUT2D eigenvalue weighted by Crippen LogP contribution is 1.83. The molecule has 0 bridgehead atoms. The second-order valence-corrected chi connectivity index (χ2v) is 3.32. The highest BCUT2D eigenvalue weighted by Gasteiger charge is 2.03. The number of urea groups is 1. The Hall–Kier alpha value is -1.37. The molecule has 6 heteroatoms. The van der Waals surface area contributed by atoms with Crippen LogP contribution < -0.4 is 16.8 Å². The Morgan fingerprint density at radius 1 is 1.59 bits per heavy atom. The third-order valence-corrected chi connectivity index (χ3v) is 1.43. The van der Waals surface area contributed by atoms with Gasteiger partial charge in [0, 0.05) is 12.6 Å². The van der Waals surface area contributed by atoms with Crippen molar-refractivity contribution in [2.24, 2.45) is 11.5 Å². The first-order valence-electron chi connectivity index (χ1n) is 5.22. The Kier molecular flexibility index (Phi) is 13.5. The zero-order valence-electron chi connectivity index (χ0n) is 10.3. The smallest absolute Gasteiger partial charge is 0.312 e. The Bertz CT molecular complexity index is 220. The van der Waals surface area contributed by atoms with Gasteiger partial charge in [-0.05, 0) is 6.92 Å². The number of nitrogens with two attached hydrogens (primary N) is 2. The molecular weight excluding hydrogens is 222 g/mol. The minimum absolute atomic E-state index is 0.104. The van der Waals surface area contributed by atoms with Gasteiger partial charge in [-0.2, -0.15) is 0 Å². The summed E-state index contributed by atoms with van der Waals surface area (Å²) in [5.74, 6) is 0. The van der Waals surface area contributed by atoms with E-state index in [2.05, 4.69) is 18.5 Å². The number of hydrogen-bond donors (Lipinski definition) is 4. The molecule has 6 N–H and O–H groups in total. The fraction of sp³-hybridized carbons (Fsp3) is 0.545. The van der Waals surface area contributed by atoms with Crippen molar-refractivity contribution in [2.75, 3.05) is 19.8 Å². The first kappa shape index (κ1) is 18.0. The summed E-state index contributed by atoms with van der Waals surface area (Å²) in [6.07, 6.45) is 2.55. The standard InChI is InChI=1S/C7H14N2O3.C4H9N/c1-2-3-12-5-6(10)4-9-7(8)11;1-3-4(2)5/h2,6,10H,1,3-5H2,(H3,8,9,11);3-4H,1,5H2,2H3. The van der Waals surface area contributed by atoms with Gasteiger partial charge in [0.1, 0.15) is 0 Å². The van der Waals surface area contributed by atoms with E-state index in [1.807, 2.05) is 6.92 Å². The van der Waals surface area contributed by atoms with Gasteiger partial charge in [0.2, 0.25) is 0 Å². The van der Waals surface area contributed by atoms with Gasteiger partial charge in [-0.3, -0.25) is 0 Å². The van der Waals surface area contributed by atoms with Gasteiger partial charge in [-0.15, -0.1) is 13.2 Å². The summed E-state index contributed by atoms with van der Waals surface area (Å²) in [4.78, 5) is 10.2. The summed E-state index contributed by atoms with van der Waals surface area (Å²) < 4.78 is 4.92. The number of hydrogen-bond acceptors (Lipinski definition) is 4. The van der Waals surface area contributed by atoms with Crippen LogP contribution in [0.2, 0.25) is 0 Å². The van der Waals surface area contributed by atoms with Crippen molar-refractivity contribution in [1.82, 2.24) is 5.32 Å². The van der Waals surface area contributed by atoms with Crippen molar-refractivity contribution in [3.8, 4) is 0 Å². The number of rotatable bonds is 7. The second kappa shape index (κ2) is 12.7. The molecule has 2 unspecified atom stereocenters. The molecule has 17 heavy (non-hydrogen) atoms.